The number of anilines is 2. The largest absolute Gasteiger partial charge is 0.405 e. The van der Waals surface area contributed by atoms with E-state index in [-0.39, 0.29) is 11.4 Å². The minimum Gasteiger partial charge on any atom is -0.397 e. The number of hydrogen-bond donors (Lipinski definition) is 3. The summed E-state index contributed by atoms with van der Waals surface area (Å²) in [5.74, 6) is 0. The molecule has 1 aromatic rings. The van der Waals surface area contributed by atoms with Gasteiger partial charge in [-0.15, -0.1) is 0 Å². The second-order valence-electron chi connectivity index (χ2n) is 3.63. The van der Waals surface area contributed by atoms with Gasteiger partial charge in [0.1, 0.15) is 6.54 Å². The predicted molar refractivity (Wildman–Crippen MR) is 66.4 cm³/mol. The van der Waals surface area contributed by atoms with Crippen molar-refractivity contribution in [3.05, 3.63) is 22.2 Å². The molecule has 0 heterocycles. The SMILES string of the molecule is Cc1cc(N)c(NC(=O)NCC(F)(F)F)c(Br)c1. The molecule has 8 heteroatoms. The number of rotatable bonds is 2. The number of carbonyl (C=O) groups excluding carboxylic acids is 1. The smallest absolute Gasteiger partial charge is 0.397 e. The van der Waals surface area contributed by atoms with E-state index < -0.39 is 18.8 Å². The van der Waals surface area contributed by atoms with Crippen molar-refractivity contribution in [2.45, 2.75) is 13.1 Å². The lowest BCUT2D eigenvalue weighted by molar-refractivity contribution is -0.122. The van der Waals surface area contributed by atoms with Crippen LogP contribution in [0.2, 0.25) is 0 Å². The molecule has 4 nitrogen and oxygen atoms in total. The summed E-state index contributed by atoms with van der Waals surface area (Å²) in [5, 5.41) is 3.95. The topological polar surface area (TPSA) is 67.1 Å². The van der Waals surface area contributed by atoms with Gasteiger partial charge in [-0.1, -0.05) is 0 Å². The lowest BCUT2D eigenvalue weighted by Gasteiger charge is -2.13. The van der Waals surface area contributed by atoms with E-state index >= 15 is 0 Å². The number of benzene rings is 1. The Labute approximate surface area is 110 Å². The van der Waals surface area contributed by atoms with Crippen molar-refractivity contribution in [3.8, 4) is 0 Å². The second-order valence-corrected chi connectivity index (χ2v) is 4.49. The highest BCUT2D eigenvalue weighted by Crippen LogP contribution is 2.30. The minimum atomic E-state index is -4.45. The summed E-state index contributed by atoms with van der Waals surface area (Å²) in [4.78, 5) is 11.2. The number of halogens is 4. The van der Waals surface area contributed by atoms with Crippen molar-refractivity contribution in [1.82, 2.24) is 5.32 Å². The van der Waals surface area contributed by atoms with Gasteiger partial charge >= 0.3 is 12.2 Å². The summed E-state index contributed by atoms with van der Waals surface area (Å²) < 4.78 is 36.2. The number of hydrogen-bond acceptors (Lipinski definition) is 2. The normalized spacial score (nSPS) is 11.2. The summed E-state index contributed by atoms with van der Waals surface area (Å²) in [6.07, 6.45) is -4.45. The van der Waals surface area contributed by atoms with Crippen LogP contribution in [-0.4, -0.2) is 18.8 Å². The number of carbonyl (C=O) groups is 1. The van der Waals surface area contributed by atoms with Crippen LogP contribution in [0.15, 0.2) is 16.6 Å². The van der Waals surface area contributed by atoms with Crippen LogP contribution in [0.25, 0.3) is 0 Å². The fourth-order valence-corrected chi connectivity index (χ4v) is 1.93. The average Bonchev–Trinajstić information content (AvgIpc) is 2.19. The highest BCUT2D eigenvalue weighted by Gasteiger charge is 2.27. The van der Waals surface area contributed by atoms with E-state index in [1.54, 1.807) is 24.4 Å². The summed E-state index contributed by atoms with van der Waals surface area (Å²) in [5.41, 5.74) is 7.02. The minimum absolute atomic E-state index is 0.236. The van der Waals surface area contributed by atoms with E-state index in [2.05, 4.69) is 21.2 Å². The van der Waals surface area contributed by atoms with Gasteiger partial charge in [-0.05, 0) is 40.5 Å². The fourth-order valence-electron chi connectivity index (χ4n) is 1.24. The Morgan fingerprint density at radius 2 is 2.06 bits per heavy atom. The van der Waals surface area contributed by atoms with Gasteiger partial charge in [0.25, 0.3) is 0 Å². The van der Waals surface area contributed by atoms with Crippen LogP contribution >= 0.6 is 15.9 Å². The Balaban J connectivity index is 2.71. The van der Waals surface area contributed by atoms with Gasteiger partial charge in [-0.3, -0.25) is 0 Å². The first kappa shape index (κ1) is 14.6. The second kappa shape index (κ2) is 5.47. The molecule has 1 rings (SSSR count). The van der Waals surface area contributed by atoms with E-state index in [1.807, 2.05) is 0 Å². The maximum absolute atomic E-state index is 11.9. The number of amides is 2. The summed E-state index contributed by atoms with van der Waals surface area (Å²) in [6, 6.07) is 2.32. The zero-order valence-electron chi connectivity index (χ0n) is 9.36. The van der Waals surface area contributed by atoms with E-state index in [4.69, 9.17) is 5.73 Å². The zero-order chi connectivity index (χ0) is 13.9. The number of aryl methyl sites for hydroxylation is 1. The molecule has 0 aliphatic heterocycles. The summed E-state index contributed by atoms with van der Waals surface area (Å²) >= 11 is 3.17. The molecule has 0 bridgehead atoms. The van der Waals surface area contributed by atoms with Gasteiger partial charge < -0.3 is 16.4 Å². The van der Waals surface area contributed by atoms with E-state index in [0.29, 0.717) is 4.47 Å². The van der Waals surface area contributed by atoms with Gasteiger partial charge in [-0.2, -0.15) is 13.2 Å². The van der Waals surface area contributed by atoms with E-state index in [1.165, 1.54) is 0 Å². The number of nitrogen functional groups attached to an aromatic ring is 1. The maximum atomic E-state index is 11.9. The number of urea groups is 1. The highest BCUT2D eigenvalue weighted by atomic mass is 79.9. The molecule has 0 spiro atoms. The van der Waals surface area contributed by atoms with Gasteiger partial charge in [0.05, 0.1) is 11.4 Å². The zero-order valence-corrected chi connectivity index (χ0v) is 10.9. The standard InChI is InChI=1S/C10H11BrF3N3O/c1-5-2-6(11)8(7(15)3-5)17-9(18)16-4-10(12,13)14/h2-3H,4,15H2,1H3,(H2,16,17,18). The third-order valence-corrected chi connectivity index (χ3v) is 2.58. The number of nitrogens with one attached hydrogen (secondary N) is 2. The lowest BCUT2D eigenvalue weighted by Crippen LogP contribution is -2.36. The fraction of sp³-hybridized carbons (Fsp3) is 0.300. The predicted octanol–water partition coefficient (Wildman–Crippen LogP) is 3.02. The van der Waals surface area contributed by atoms with Crippen LogP contribution in [-0.2, 0) is 0 Å². The molecule has 0 saturated heterocycles. The summed E-state index contributed by atoms with van der Waals surface area (Å²) in [7, 11) is 0. The molecule has 18 heavy (non-hydrogen) atoms. The number of alkyl halides is 3. The van der Waals surface area contributed by atoms with Gasteiger partial charge in [0.2, 0.25) is 0 Å². The Bertz CT molecular complexity index is 439. The molecular weight excluding hydrogens is 315 g/mol. The van der Waals surface area contributed by atoms with Crippen molar-refractivity contribution in [1.29, 1.82) is 0 Å². The molecule has 0 aromatic heterocycles. The molecule has 2 amide bonds. The summed E-state index contributed by atoms with van der Waals surface area (Å²) in [6.45, 7) is 0.400. The molecular formula is C10H11BrF3N3O. The van der Waals surface area contributed by atoms with Crippen molar-refractivity contribution < 1.29 is 18.0 Å². The van der Waals surface area contributed by atoms with Crippen LogP contribution in [0.1, 0.15) is 5.56 Å². The molecule has 0 aliphatic carbocycles. The molecule has 0 fully saturated rings. The lowest BCUT2D eigenvalue weighted by atomic mass is 10.2. The molecule has 0 saturated carbocycles. The van der Waals surface area contributed by atoms with Crippen LogP contribution in [0.4, 0.5) is 29.3 Å². The first-order chi connectivity index (χ1) is 8.19. The monoisotopic (exact) mass is 325 g/mol. The van der Waals surface area contributed by atoms with E-state index in [9.17, 15) is 18.0 Å². The third-order valence-electron chi connectivity index (χ3n) is 1.95. The number of nitrogens with two attached hydrogens (primary N) is 1. The van der Waals surface area contributed by atoms with Crippen molar-refractivity contribution in [2.75, 3.05) is 17.6 Å². The van der Waals surface area contributed by atoms with Crippen molar-refractivity contribution >= 4 is 33.3 Å². The molecule has 0 atom stereocenters. The Hall–Kier alpha value is -1.44. The van der Waals surface area contributed by atoms with Gasteiger partial charge in [0, 0.05) is 4.47 Å². The van der Waals surface area contributed by atoms with Crippen LogP contribution in [0, 0.1) is 6.92 Å². The molecule has 1 aromatic carbocycles. The van der Waals surface area contributed by atoms with Gasteiger partial charge in [0.15, 0.2) is 0 Å². The molecule has 0 aliphatic rings. The molecule has 100 valence electrons. The quantitative estimate of drug-likeness (QED) is 0.732. The van der Waals surface area contributed by atoms with Gasteiger partial charge in [-0.25, -0.2) is 4.79 Å². The highest BCUT2D eigenvalue weighted by molar-refractivity contribution is 9.10. The molecule has 0 unspecified atom stereocenters. The van der Waals surface area contributed by atoms with E-state index in [0.717, 1.165) is 5.56 Å². The molecule has 4 N–H and O–H groups in total. The van der Waals surface area contributed by atoms with Crippen molar-refractivity contribution in [2.24, 2.45) is 0 Å². The van der Waals surface area contributed by atoms with Crippen molar-refractivity contribution in [3.63, 3.8) is 0 Å². The molecule has 0 radical (unpaired) electrons. The Kier molecular flexibility index (Phi) is 4.44. The van der Waals surface area contributed by atoms with Crippen LogP contribution < -0.4 is 16.4 Å². The first-order valence-electron chi connectivity index (χ1n) is 4.86. The Morgan fingerprint density at radius 1 is 1.44 bits per heavy atom. The first-order valence-corrected chi connectivity index (χ1v) is 5.65. The Morgan fingerprint density at radius 3 is 2.56 bits per heavy atom. The third kappa shape index (κ3) is 4.44. The van der Waals surface area contributed by atoms with Crippen LogP contribution in [0.5, 0.6) is 0 Å². The van der Waals surface area contributed by atoms with Crippen LogP contribution in [0.3, 0.4) is 0 Å². The average molecular weight is 326 g/mol. The maximum Gasteiger partial charge on any atom is 0.405 e.